The predicted molar refractivity (Wildman–Crippen MR) is 93.4 cm³/mol. The van der Waals surface area contributed by atoms with E-state index in [0.29, 0.717) is 5.75 Å². The van der Waals surface area contributed by atoms with E-state index in [1.807, 2.05) is 31.2 Å². The van der Waals surface area contributed by atoms with Gasteiger partial charge < -0.3 is 15.4 Å². The highest BCUT2D eigenvalue weighted by atomic mass is 32.2. The summed E-state index contributed by atoms with van der Waals surface area (Å²) in [5.74, 6) is 1.26. The second-order valence-electron chi connectivity index (χ2n) is 6.29. The number of H-pyrrole nitrogens is 1. The van der Waals surface area contributed by atoms with Crippen LogP contribution in [0.25, 0.3) is 11.0 Å². The minimum Gasteiger partial charge on any atom is -0.394 e. The summed E-state index contributed by atoms with van der Waals surface area (Å²) in [5, 5.41) is 12.7. The van der Waals surface area contributed by atoms with Gasteiger partial charge in [0.25, 0.3) is 0 Å². The number of carbonyl (C=O) groups is 1. The summed E-state index contributed by atoms with van der Waals surface area (Å²) >= 11 is 1.56. The number of benzene rings is 1. The van der Waals surface area contributed by atoms with Crippen molar-refractivity contribution in [3.63, 3.8) is 0 Å². The average molecular weight is 333 g/mol. The third kappa shape index (κ3) is 3.70. The molecule has 1 amide bonds. The van der Waals surface area contributed by atoms with Crippen molar-refractivity contribution < 1.29 is 9.90 Å². The van der Waals surface area contributed by atoms with Crippen LogP contribution in [0.2, 0.25) is 0 Å². The Balaban J connectivity index is 1.55. The van der Waals surface area contributed by atoms with Crippen LogP contribution < -0.4 is 5.32 Å². The topological polar surface area (TPSA) is 78.0 Å². The smallest absolute Gasteiger partial charge is 0.230 e. The van der Waals surface area contributed by atoms with Gasteiger partial charge in [0, 0.05) is 0 Å². The number of carbonyl (C=O) groups excluding carboxylic acids is 1. The lowest BCUT2D eigenvalue weighted by molar-refractivity contribution is -0.121. The first-order valence-corrected chi connectivity index (χ1v) is 9.15. The molecule has 5 nitrogen and oxygen atoms in total. The molecule has 6 heteroatoms. The molecule has 0 saturated heterocycles. The van der Waals surface area contributed by atoms with Crippen LogP contribution in [0.5, 0.6) is 0 Å². The van der Waals surface area contributed by atoms with E-state index >= 15 is 0 Å². The van der Waals surface area contributed by atoms with Crippen LogP contribution in [0.1, 0.15) is 43.7 Å². The second kappa shape index (κ2) is 6.93. The molecule has 1 unspecified atom stereocenters. The van der Waals surface area contributed by atoms with E-state index in [1.54, 1.807) is 11.8 Å². The fraction of sp³-hybridized carbons (Fsp3) is 0.529. The van der Waals surface area contributed by atoms with E-state index in [0.717, 1.165) is 42.5 Å². The van der Waals surface area contributed by atoms with Crippen molar-refractivity contribution in [3.05, 3.63) is 30.1 Å². The van der Waals surface area contributed by atoms with Crippen LogP contribution in [0.15, 0.2) is 24.3 Å². The van der Waals surface area contributed by atoms with Gasteiger partial charge in [-0.3, -0.25) is 4.79 Å². The number of aliphatic hydroxyl groups excluding tert-OH is 1. The molecular weight excluding hydrogens is 310 g/mol. The van der Waals surface area contributed by atoms with E-state index in [4.69, 9.17) is 0 Å². The Morgan fingerprint density at radius 2 is 2.17 bits per heavy atom. The van der Waals surface area contributed by atoms with Gasteiger partial charge in [0.15, 0.2) is 0 Å². The maximum Gasteiger partial charge on any atom is 0.230 e. The number of nitrogens with one attached hydrogen (secondary N) is 2. The number of thioether (sulfide) groups is 1. The van der Waals surface area contributed by atoms with Crippen molar-refractivity contribution in [2.45, 2.75) is 43.4 Å². The quantitative estimate of drug-likeness (QED) is 0.759. The Morgan fingerprint density at radius 3 is 2.87 bits per heavy atom. The van der Waals surface area contributed by atoms with Crippen LogP contribution in [0, 0.1) is 0 Å². The van der Waals surface area contributed by atoms with E-state index < -0.39 is 0 Å². The molecule has 2 aromatic rings. The Bertz CT molecular complexity index is 646. The Hall–Kier alpha value is -1.53. The number of aliphatic hydroxyl groups is 1. The lowest BCUT2D eigenvalue weighted by atomic mass is 9.99. The molecule has 1 aromatic carbocycles. The number of hydrogen-bond acceptors (Lipinski definition) is 4. The third-order valence-electron chi connectivity index (χ3n) is 4.53. The molecule has 1 aliphatic carbocycles. The molecule has 0 aliphatic heterocycles. The number of para-hydroxylation sites is 2. The van der Waals surface area contributed by atoms with E-state index in [2.05, 4.69) is 15.3 Å². The van der Waals surface area contributed by atoms with Crippen LogP contribution in [0.3, 0.4) is 0 Å². The van der Waals surface area contributed by atoms with Gasteiger partial charge in [-0.2, -0.15) is 0 Å². The summed E-state index contributed by atoms with van der Waals surface area (Å²) in [4.78, 5) is 20.1. The summed E-state index contributed by atoms with van der Waals surface area (Å²) in [6.07, 6.45) is 3.89. The molecule has 1 heterocycles. The van der Waals surface area contributed by atoms with Gasteiger partial charge in [0.1, 0.15) is 5.82 Å². The lowest BCUT2D eigenvalue weighted by Crippen LogP contribution is -2.49. The molecule has 0 radical (unpaired) electrons. The van der Waals surface area contributed by atoms with Crippen LogP contribution in [0.4, 0.5) is 0 Å². The largest absolute Gasteiger partial charge is 0.394 e. The zero-order chi connectivity index (χ0) is 16.3. The summed E-state index contributed by atoms with van der Waals surface area (Å²) in [7, 11) is 0. The summed E-state index contributed by atoms with van der Waals surface area (Å²) in [5.41, 5.74) is 1.58. The van der Waals surface area contributed by atoms with Gasteiger partial charge in [-0.15, -0.1) is 11.8 Å². The molecule has 124 valence electrons. The van der Waals surface area contributed by atoms with Crippen molar-refractivity contribution in [3.8, 4) is 0 Å². The van der Waals surface area contributed by atoms with Crippen molar-refractivity contribution in [2.24, 2.45) is 0 Å². The molecular formula is C17H23N3O2S. The lowest BCUT2D eigenvalue weighted by Gasteiger charge is -2.28. The van der Waals surface area contributed by atoms with Gasteiger partial charge in [-0.1, -0.05) is 25.0 Å². The van der Waals surface area contributed by atoms with Crippen molar-refractivity contribution in [2.75, 3.05) is 12.4 Å². The minimum atomic E-state index is -0.389. The average Bonchev–Trinajstić information content (AvgIpc) is 3.19. The number of nitrogens with zero attached hydrogens (tertiary/aromatic N) is 1. The maximum atomic E-state index is 12.2. The number of aromatic nitrogens is 2. The highest BCUT2D eigenvalue weighted by Crippen LogP contribution is 2.30. The second-order valence-corrected chi connectivity index (χ2v) is 7.62. The number of imidazole rings is 1. The molecule has 1 saturated carbocycles. The molecule has 1 aliphatic rings. The van der Waals surface area contributed by atoms with Crippen molar-refractivity contribution >= 4 is 28.7 Å². The van der Waals surface area contributed by atoms with Crippen molar-refractivity contribution in [1.29, 1.82) is 0 Å². The molecule has 0 bridgehead atoms. The first kappa shape index (κ1) is 16.3. The zero-order valence-electron chi connectivity index (χ0n) is 13.3. The SMILES string of the molecule is CC(SCC(=O)NC1(CO)CCCC1)c1nc2ccccc2[nH]1. The highest BCUT2D eigenvalue weighted by Gasteiger charge is 2.34. The summed E-state index contributed by atoms with van der Waals surface area (Å²) in [6.45, 7) is 2.08. The summed E-state index contributed by atoms with van der Waals surface area (Å²) < 4.78 is 0. The first-order valence-electron chi connectivity index (χ1n) is 8.10. The maximum absolute atomic E-state index is 12.2. The fourth-order valence-corrected chi connectivity index (χ4v) is 3.89. The number of amides is 1. The Kier molecular flexibility index (Phi) is 4.92. The molecule has 3 rings (SSSR count). The number of rotatable bonds is 6. The van der Waals surface area contributed by atoms with E-state index in [9.17, 15) is 9.90 Å². The third-order valence-corrected chi connectivity index (χ3v) is 5.68. The predicted octanol–water partition coefficient (Wildman–Crippen LogP) is 2.78. The molecule has 1 atom stereocenters. The van der Waals surface area contributed by atoms with Crippen molar-refractivity contribution in [1.82, 2.24) is 15.3 Å². The number of hydrogen-bond donors (Lipinski definition) is 3. The van der Waals surface area contributed by atoms with E-state index in [-0.39, 0.29) is 23.3 Å². The zero-order valence-corrected chi connectivity index (χ0v) is 14.2. The van der Waals surface area contributed by atoms with Gasteiger partial charge in [-0.25, -0.2) is 4.98 Å². The monoisotopic (exact) mass is 333 g/mol. The normalized spacial score (nSPS) is 18.2. The standard InChI is InChI=1S/C17H23N3O2S/c1-12(16-18-13-6-2-3-7-14(13)19-16)23-10-15(22)20-17(11-21)8-4-5-9-17/h2-3,6-7,12,21H,4-5,8-11H2,1H3,(H,18,19)(H,20,22). The van der Waals surface area contributed by atoms with Gasteiger partial charge in [-0.05, 0) is 31.9 Å². The first-order chi connectivity index (χ1) is 11.1. The molecule has 1 fully saturated rings. The molecule has 3 N–H and O–H groups in total. The Labute approximate surface area is 140 Å². The van der Waals surface area contributed by atoms with Gasteiger partial charge in [0.05, 0.1) is 34.2 Å². The van der Waals surface area contributed by atoms with Crippen LogP contribution in [-0.4, -0.2) is 38.9 Å². The van der Waals surface area contributed by atoms with Gasteiger partial charge >= 0.3 is 0 Å². The Morgan fingerprint density at radius 1 is 1.43 bits per heavy atom. The molecule has 1 aromatic heterocycles. The van der Waals surface area contributed by atoms with E-state index in [1.165, 1.54) is 0 Å². The molecule has 23 heavy (non-hydrogen) atoms. The fourth-order valence-electron chi connectivity index (χ4n) is 3.15. The van der Waals surface area contributed by atoms with Crippen LogP contribution >= 0.6 is 11.8 Å². The van der Waals surface area contributed by atoms with Gasteiger partial charge in [0.2, 0.25) is 5.91 Å². The molecule has 0 spiro atoms. The highest BCUT2D eigenvalue weighted by molar-refractivity contribution is 8.00. The number of fused-ring (bicyclic) bond motifs is 1. The minimum absolute atomic E-state index is 0.00564. The number of aromatic amines is 1. The summed E-state index contributed by atoms with van der Waals surface area (Å²) in [6, 6.07) is 7.92. The van der Waals surface area contributed by atoms with Crippen LogP contribution in [-0.2, 0) is 4.79 Å².